The molecule has 0 bridgehead atoms. The summed E-state index contributed by atoms with van der Waals surface area (Å²) in [5.74, 6) is -1.78. The van der Waals surface area contributed by atoms with Crippen molar-refractivity contribution in [1.82, 2.24) is 0 Å². The number of carbonyl (C=O) groups is 2. The summed E-state index contributed by atoms with van der Waals surface area (Å²) >= 11 is 0. The highest BCUT2D eigenvalue weighted by Crippen LogP contribution is 2.43. The van der Waals surface area contributed by atoms with E-state index in [0.29, 0.717) is 13.0 Å². The van der Waals surface area contributed by atoms with Crippen LogP contribution in [0.25, 0.3) is 0 Å². The van der Waals surface area contributed by atoms with Crippen molar-refractivity contribution < 1.29 is 42.7 Å². The lowest BCUT2D eigenvalue weighted by molar-refractivity contribution is -0.154. The van der Waals surface area contributed by atoms with Gasteiger partial charge in [-0.2, -0.15) is 0 Å². The van der Waals surface area contributed by atoms with Gasteiger partial charge in [0.2, 0.25) is 0 Å². The average Bonchev–Trinajstić information content (AvgIpc) is 3.10. The lowest BCUT2D eigenvalue weighted by Gasteiger charge is -2.20. The summed E-state index contributed by atoms with van der Waals surface area (Å²) in [6.45, 7) is 3.80. The normalized spacial score (nSPS) is 14.3. The van der Waals surface area contributed by atoms with E-state index in [2.05, 4.69) is 38.2 Å². The standard InChI is InChI=1S/C40H76NO9P/c1-3-5-7-9-11-13-15-16-17-18-19-20-21-22-24-26-28-30-32-39(42)50-37(35-48-51(45,46)49-36-38(41)40(43)44)34-47-33-31-29-27-25-23-14-12-10-8-6-4-2/h8,10,17-18,37-38H,3-7,9,11-16,19-36,41H2,1-2H3,(H,43,44)(H,45,46)/b10-8-,18-17-. The quantitative estimate of drug-likeness (QED) is 0.0240. The van der Waals surface area contributed by atoms with Gasteiger partial charge in [-0.3, -0.25) is 18.6 Å². The minimum absolute atomic E-state index is 0.0127. The van der Waals surface area contributed by atoms with Gasteiger partial charge in [-0.15, -0.1) is 0 Å². The second-order valence-corrected chi connectivity index (χ2v) is 15.2. The Balaban J connectivity index is 4.24. The van der Waals surface area contributed by atoms with E-state index >= 15 is 0 Å². The van der Waals surface area contributed by atoms with Crippen LogP contribution in [0.15, 0.2) is 24.3 Å². The van der Waals surface area contributed by atoms with E-state index < -0.39 is 45.1 Å². The number of phosphoric acid groups is 1. The summed E-state index contributed by atoms with van der Waals surface area (Å²) in [4.78, 5) is 33.4. The van der Waals surface area contributed by atoms with Crippen LogP contribution in [-0.2, 0) is 32.7 Å². The monoisotopic (exact) mass is 746 g/mol. The molecule has 3 atom stereocenters. The van der Waals surface area contributed by atoms with Crippen molar-refractivity contribution in [2.45, 2.75) is 193 Å². The molecule has 0 saturated heterocycles. The molecule has 0 radical (unpaired) electrons. The molecule has 0 aromatic heterocycles. The van der Waals surface area contributed by atoms with Crippen LogP contribution >= 0.6 is 7.82 Å². The maximum absolute atomic E-state index is 12.6. The minimum atomic E-state index is -4.61. The van der Waals surface area contributed by atoms with E-state index in [0.717, 1.165) is 57.8 Å². The van der Waals surface area contributed by atoms with Gasteiger partial charge in [0, 0.05) is 13.0 Å². The zero-order valence-electron chi connectivity index (χ0n) is 32.5. The Kier molecular flexibility index (Phi) is 35.7. The summed E-state index contributed by atoms with van der Waals surface area (Å²) in [5, 5.41) is 8.87. The minimum Gasteiger partial charge on any atom is -0.480 e. The van der Waals surface area contributed by atoms with E-state index in [4.69, 9.17) is 29.4 Å². The maximum atomic E-state index is 12.6. The molecule has 0 aromatic rings. The smallest absolute Gasteiger partial charge is 0.472 e. The first kappa shape index (κ1) is 49.5. The Morgan fingerprint density at radius 3 is 1.57 bits per heavy atom. The first-order valence-corrected chi connectivity index (χ1v) is 21.9. The molecule has 0 fully saturated rings. The highest BCUT2D eigenvalue weighted by molar-refractivity contribution is 7.47. The predicted octanol–water partition coefficient (Wildman–Crippen LogP) is 10.8. The molecule has 10 nitrogen and oxygen atoms in total. The van der Waals surface area contributed by atoms with E-state index in [1.165, 1.54) is 96.3 Å². The van der Waals surface area contributed by atoms with Gasteiger partial charge in [-0.1, -0.05) is 141 Å². The van der Waals surface area contributed by atoms with E-state index in [1.807, 2.05) is 0 Å². The average molecular weight is 746 g/mol. The molecule has 3 unspecified atom stereocenters. The summed E-state index contributed by atoms with van der Waals surface area (Å²) in [6, 6.07) is -1.47. The number of esters is 1. The third kappa shape index (κ3) is 36.6. The number of carboxylic acid groups (broad SMARTS) is 1. The Morgan fingerprint density at radius 1 is 0.608 bits per heavy atom. The molecule has 0 aliphatic rings. The molecule has 51 heavy (non-hydrogen) atoms. The highest BCUT2D eigenvalue weighted by Gasteiger charge is 2.27. The van der Waals surface area contributed by atoms with Gasteiger partial charge >= 0.3 is 19.8 Å². The molecule has 0 aliphatic heterocycles. The molecule has 0 heterocycles. The lowest BCUT2D eigenvalue weighted by atomic mass is 10.1. The number of carbonyl (C=O) groups excluding carboxylic acids is 1. The van der Waals surface area contributed by atoms with Crippen LogP contribution in [0.1, 0.15) is 181 Å². The number of phosphoric ester groups is 1. The van der Waals surface area contributed by atoms with Gasteiger partial charge in [0.15, 0.2) is 0 Å². The Labute approximate surface area is 311 Å². The second kappa shape index (κ2) is 36.8. The van der Waals surface area contributed by atoms with E-state index in [1.54, 1.807) is 0 Å². The molecule has 11 heteroatoms. The molecule has 0 spiro atoms. The maximum Gasteiger partial charge on any atom is 0.472 e. The topological polar surface area (TPSA) is 155 Å². The Hall–Kier alpha value is -1.55. The fourth-order valence-corrected chi connectivity index (χ4v) is 6.26. The van der Waals surface area contributed by atoms with Crippen LogP contribution in [0.3, 0.4) is 0 Å². The molecule has 0 amide bonds. The van der Waals surface area contributed by atoms with Gasteiger partial charge in [0.25, 0.3) is 0 Å². The number of hydrogen-bond acceptors (Lipinski definition) is 8. The Bertz CT molecular complexity index is 914. The zero-order valence-corrected chi connectivity index (χ0v) is 33.3. The van der Waals surface area contributed by atoms with Crippen LogP contribution in [0.5, 0.6) is 0 Å². The van der Waals surface area contributed by atoms with E-state index in [-0.39, 0.29) is 13.0 Å². The lowest BCUT2D eigenvalue weighted by Crippen LogP contribution is -2.34. The number of allylic oxidation sites excluding steroid dienone is 4. The fourth-order valence-electron chi connectivity index (χ4n) is 5.48. The third-order valence-corrected chi connectivity index (χ3v) is 9.63. The van der Waals surface area contributed by atoms with Crippen LogP contribution in [0.4, 0.5) is 0 Å². The molecule has 0 saturated carbocycles. The summed E-state index contributed by atoms with van der Waals surface area (Å²) < 4.78 is 33.2. The number of ether oxygens (including phenoxy) is 2. The molecule has 300 valence electrons. The molecule has 4 N–H and O–H groups in total. The number of unbranched alkanes of at least 4 members (excludes halogenated alkanes) is 21. The van der Waals surface area contributed by atoms with Crippen molar-refractivity contribution >= 4 is 19.8 Å². The largest absolute Gasteiger partial charge is 0.480 e. The van der Waals surface area contributed by atoms with Crippen molar-refractivity contribution in [2.75, 3.05) is 26.4 Å². The number of rotatable bonds is 39. The first-order chi connectivity index (χ1) is 24.7. The van der Waals surface area contributed by atoms with Crippen LogP contribution in [0.2, 0.25) is 0 Å². The van der Waals surface area contributed by atoms with Crippen molar-refractivity contribution in [3.8, 4) is 0 Å². The van der Waals surface area contributed by atoms with Gasteiger partial charge in [-0.05, 0) is 57.8 Å². The Morgan fingerprint density at radius 2 is 1.06 bits per heavy atom. The third-order valence-electron chi connectivity index (χ3n) is 8.68. The molecule has 0 aliphatic carbocycles. The van der Waals surface area contributed by atoms with Crippen LogP contribution in [-0.4, -0.2) is 60.5 Å². The number of carboxylic acids is 1. The van der Waals surface area contributed by atoms with Gasteiger partial charge in [-0.25, -0.2) is 4.57 Å². The van der Waals surface area contributed by atoms with Gasteiger partial charge in [0.1, 0.15) is 12.1 Å². The number of aliphatic carboxylic acids is 1. The van der Waals surface area contributed by atoms with Gasteiger partial charge in [0.05, 0.1) is 19.8 Å². The fraction of sp³-hybridized carbons (Fsp3) is 0.850. The van der Waals surface area contributed by atoms with Crippen molar-refractivity contribution in [1.29, 1.82) is 0 Å². The first-order valence-electron chi connectivity index (χ1n) is 20.4. The molecule has 0 rings (SSSR count). The summed E-state index contributed by atoms with van der Waals surface area (Å²) in [6.07, 6.45) is 38.0. The van der Waals surface area contributed by atoms with Crippen molar-refractivity contribution in [3.05, 3.63) is 24.3 Å². The second-order valence-electron chi connectivity index (χ2n) is 13.8. The van der Waals surface area contributed by atoms with Crippen molar-refractivity contribution in [3.63, 3.8) is 0 Å². The number of hydrogen-bond donors (Lipinski definition) is 3. The van der Waals surface area contributed by atoms with Gasteiger partial charge < -0.3 is 25.2 Å². The molecular formula is C40H76NO9P. The van der Waals surface area contributed by atoms with Crippen molar-refractivity contribution in [2.24, 2.45) is 5.73 Å². The molecule has 0 aromatic carbocycles. The predicted molar refractivity (Wildman–Crippen MR) is 208 cm³/mol. The van der Waals surface area contributed by atoms with Crippen LogP contribution in [0, 0.1) is 0 Å². The highest BCUT2D eigenvalue weighted by atomic mass is 31.2. The number of nitrogens with two attached hydrogens (primary N) is 1. The van der Waals surface area contributed by atoms with Crippen LogP contribution < -0.4 is 5.73 Å². The molecular weight excluding hydrogens is 669 g/mol. The summed E-state index contributed by atoms with van der Waals surface area (Å²) in [5.41, 5.74) is 5.34. The summed E-state index contributed by atoms with van der Waals surface area (Å²) in [7, 11) is -4.61. The van der Waals surface area contributed by atoms with E-state index in [9.17, 15) is 19.0 Å². The zero-order chi connectivity index (χ0) is 37.7. The SMILES string of the molecule is CCC/C=C\CCCCCCCCOCC(COP(=O)(O)OCC(N)C(=O)O)OC(=O)CCCCCCCCC/C=C\CCCCCCCCC.